The van der Waals surface area contributed by atoms with Gasteiger partial charge in [-0.15, -0.1) is 11.3 Å². The summed E-state index contributed by atoms with van der Waals surface area (Å²) < 4.78 is 19.1. The minimum Gasteiger partial charge on any atom is -0.363 e. The molecule has 2 saturated heterocycles. The lowest BCUT2D eigenvalue weighted by Gasteiger charge is -2.46. The van der Waals surface area contributed by atoms with Gasteiger partial charge in [0.1, 0.15) is 12.4 Å². The fourth-order valence-electron chi connectivity index (χ4n) is 3.54. The molecule has 5 nitrogen and oxygen atoms in total. The fourth-order valence-corrected chi connectivity index (χ4v) is 4.09. The molecule has 25 heavy (non-hydrogen) atoms. The Balaban J connectivity index is 1.42. The third-order valence-corrected chi connectivity index (χ3v) is 5.66. The quantitative estimate of drug-likeness (QED) is 0.843. The molecular weight excluding hydrogens is 341 g/mol. The Hall–Kier alpha value is -1.83. The van der Waals surface area contributed by atoms with Crippen LogP contribution in [-0.4, -0.2) is 47.6 Å². The van der Waals surface area contributed by atoms with Crippen molar-refractivity contribution in [3.8, 4) is 0 Å². The first-order valence-electron chi connectivity index (χ1n) is 8.43. The molecule has 7 heteroatoms. The van der Waals surface area contributed by atoms with E-state index >= 15 is 0 Å². The van der Waals surface area contributed by atoms with Gasteiger partial charge in [0.25, 0.3) is 5.91 Å². The van der Waals surface area contributed by atoms with Gasteiger partial charge in [0.05, 0.1) is 23.4 Å². The van der Waals surface area contributed by atoms with Crippen LogP contribution in [0.25, 0.3) is 0 Å². The van der Waals surface area contributed by atoms with Gasteiger partial charge in [0, 0.05) is 30.7 Å². The second-order valence-electron chi connectivity index (χ2n) is 6.68. The lowest BCUT2D eigenvalue weighted by Crippen LogP contribution is -2.58. The number of ether oxygens (including phenoxy) is 1. The molecule has 0 bridgehead atoms. The van der Waals surface area contributed by atoms with E-state index in [4.69, 9.17) is 4.74 Å². The Morgan fingerprint density at radius 3 is 2.68 bits per heavy atom. The molecule has 2 aliphatic heterocycles. The van der Waals surface area contributed by atoms with Crippen molar-refractivity contribution in [2.24, 2.45) is 0 Å². The molecule has 0 saturated carbocycles. The Morgan fingerprint density at radius 2 is 2.00 bits per heavy atom. The van der Waals surface area contributed by atoms with E-state index in [0.717, 1.165) is 43.9 Å². The summed E-state index contributed by atoms with van der Waals surface area (Å²) in [5.41, 5.74) is 3.39. The van der Waals surface area contributed by atoms with E-state index in [1.807, 2.05) is 5.51 Å². The van der Waals surface area contributed by atoms with Crippen LogP contribution in [0.15, 0.2) is 35.2 Å². The molecule has 2 aromatic rings. The SMILES string of the molecule is O=C1COC2(CCN(Cc3cscn3)CC2)CN1c1ccc(F)cc1. The van der Waals surface area contributed by atoms with Crippen LogP contribution in [-0.2, 0) is 16.1 Å². The predicted octanol–water partition coefficient (Wildman–Crippen LogP) is 2.68. The summed E-state index contributed by atoms with van der Waals surface area (Å²) in [6.07, 6.45) is 1.75. The van der Waals surface area contributed by atoms with Crippen molar-refractivity contribution in [1.82, 2.24) is 9.88 Å². The lowest BCUT2D eigenvalue weighted by atomic mass is 9.89. The third-order valence-electron chi connectivity index (χ3n) is 5.02. The van der Waals surface area contributed by atoms with E-state index in [1.54, 1.807) is 28.4 Å². The van der Waals surface area contributed by atoms with Crippen molar-refractivity contribution < 1.29 is 13.9 Å². The lowest BCUT2D eigenvalue weighted by molar-refractivity contribution is -0.145. The zero-order valence-electron chi connectivity index (χ0n) is 13.9. The summed E-state index contributed by atoms with van der Waals surface area (Å²) in [5.74, 6) is -0.364. The zero-order valence-corrected chi connectivity index (χ0v) is 14.7. The summed E-state index contributed by atoms with van der Waals surface area (Å²) in [4.78, 5) is 20.7. The average molecular weight is 361 g/mol. The zero-order chi connectivity index (χ0) is 17.3. The van der Waals surface area contributed by atoms with Gasteiger partial charge in [-0.1, -0.05) is 0 Å². The number of rotatable bonds is 3. The van der Waals surface area contributed by atoms with E-state index in [2.05, 4.69) is 15.3 Å². The van der Waals surface area contributed by atoms with E-state index in [9.17, 15) is 9.18 Å². The van der Waals surface area contributed by atoms with E-state index in [1.165, 1.54) is 12.1 Å². The number of thiazole rings is 1. The number of likely N-dealkylation sites (tertiary alicyclic amines) is 1. The van der Waals surface area contributed by atoms with Crippen LogP contribution in [0.3, 0.4) is 0 Å². The van der Waals surface area contributed by atoms with Crippen molar-refractivity contribution in [2.75, 3.05) is 31.1 Å². The molecule has 1 aromatic carbocycles. The number of aromatic nitrogens is 1. The first-order chi connectivity index (χ1) is 12.1. The van der Waals surface area contributed by atoms with Crippen LogP contribution in [0.5, 0.6) is 0 Å². The molecule has 0 aliphatic carbocycles. The number of anilines is 1. The number of benzene rings is 1. The monoisotopic (exact) mass is 361 g/mol. The summed E-state index contributed by atoms with van der Waals surface area (Å²) in [6.45, 7) is 3.32. The topological polar surface area (TPSA) is 45.7 Å². The normalized spacial score (nSPS) is 21.0. The molecule has 2 aliphatic rings. The van der Waals surface area contributed by atoms with E-state index in [-0.39, 0.29) is 23.9 Å². The molecule has 1 amide bonds. The Kier molecular flexibility index (Phi) is 4.54. The number of carbonyl (C=O) groups is 1. The van der Waals surface area contributed by atoms with E-state index in [0.29, 0.717) is 6.54 Å². The molecule has 0 radical (unpaired) electrons. The molecule has 132 valence electrons. The molecule has 0 N–H and O–H groups in total. The smallest absolute Gasteiger partial charge is 0.253 e. The second kappa shape index (κ2) is 6.82. The number of amides is 1. The van der Waals surface area contributed by atoms with Crippen molar-refractivity contribution >= 4 is 22.9 Å². The van der Waals surface area contributed by atoms with Crippen LogP contribution in [0.1, 0.15) is 18.5 Å². The van der Waals surface area contributed by atoms with Gasteiger partial charge in [-0.25, -0.2) is 9.37 Å². The number of halogens is 1. The largest absolute Gasteiger partial charge is 0.363 e. The van der Waals surface area contributed by atoms with Crippen molar-refractivity contribution in [3.05, 3.63) is 46.7 Å². The third kappa shape index (κ3) is 3.58. The molecule has 4 rings (SSSR count). The maximum absolute atomic E-state index is 13.2. The highest BCUT2D eigenvalue weighted by Crippen LogP contribution is 2.33. The first-order valence-corrected chi connectivity index (χ1v) is 9.37. The van der Waals surface area contributed by atoms with Gasteiger partial charge in [-0.2, -0.15) is 0 Å². The minimum absolute atomic E-state index is 0.0675. The number of morpholine rings is 1. The average Bonchev–Trinajstić information content (AvgIpc) is 3.13. The van der Waals surface area contributed by atoms with Crippen LogP contribution in [0, 0.1) is 5.82 Å². The maximum Gasteiger partial charge on any atom is 0.253 e. The molecule has 3 heterocycles. The summed E-state index contributed by atoms with van der Waals surface area (Å²) in [6, 6.07) is 6.09. The number of hydrogen-bond donors (Lipinski definition) is 0. The predicted molar refractivity (Wildman–Crippen MR) is 94.1 cm³/mol. The van der Waals surface area contributed by atoms with Crippen molar-refractivity contribution in [2.45, 2.75) is 25.0 Å². The molecule has 1 spiro atoms. The highest BCUT2D eigenvalue weighted by Gasteiger charge is 2.42. The van der Waals surface area contributed by atoms with Crippen LogP contribution in [0.2, 0.25) is 0 Å². The second-order valence-corrected chi connectivity index (χ2v) is 7.40. The highest BCUT2D eigenvalue weighted by molar-refractivity contribution is 7.07. The standard InChI is InChI=1S/C18H20FN3O2S/c19-14-1-3-16(4-2-14)22-12-18(24-10-17(22)23)5-7-21(8-6-18)9-15-11-25-13-20-15/h1-4,11,13H,5-10,12H2. The van der Waals surface area contributed by atoms with Gasteiger partial charge in [0.15, 0.2) is 0 Å². The number of carbonyl (C=O) groups excluding carboxylic acids is 1. The van der Waals surface area contributed by atoms with Gasteiger partial charge in [-0.3, -0.25) is 9.69 Å². The fraction of sp³-hybridized carbons (Fsp3) is 0.444. The molecule has 0 atom stereocenters. The van der Waals surface area contributed by atoms with Gasteiger partial charge < -0.3 is 9.64 Å². The number of nitrogens with zero attached hydrogens (tertiary/aromatic N) is 3. The number of hydrogen-bond acceptors (Lipinski definition) is 5. The Labute approximate surface area is 150 Å². The van der Waals surface area contributed by atoms with E-state index < -0.39 is 0 Å². The highest BCUT2D eigenvalue weighted by atomic mass is 32.1. The summed E-state index contributed by atoms with van der Waals surface area (Å²) in [5, 5.41) is 2.08. The van der Waals surface area contributed by atoms with Gasteiger partial charge in [0.2, 0.25) is 0 Å². The number of piperidine rings is 1. The van der Waals surface area contributed by atoms with Crippen molar-refractivity contribution in [3.63, 3.8) is 0 Å². The Bertz CT molecular complexity index is 727. The summed E-state index contributed by atoms with van der Waals surface area (Å²) >= 11 is 1.62. The molecule has 2 fully saturated rings. The van der Waals surface area contributed by atoms with Gasteiger partial charge in [-0.05, 0) is 37.1 Å². The molecule has 0 unspecified atom stereocenters. The molecule has 1 aromatic heterocycles. The van der Waals surface area contributed by atoms with Crippen molar-refractivity contribution in [1.29, 1.82) is 0 Å². The van der Waals surface area contributed by atoms with Crippen LogP contribution in [0.4, 0.5) is 10.1 Å². The van der Waals surface area contributed by atoms with Crippen LogP contribution >= 0.6 is 11.3 Å². The first kappa shape index (κ1) is 16.6. The maximum atomic E-state index is 13.2. The molecular formula is C18H20FN3O2S. The van der Waals surface area contributed by atoms with Gasteiger partial charge >= 0.3 is 0 Å². The minimum atomic E-state index is -0.305. The van der Waals surface area contributed by atoms with Crippen LogP contribution < -0.4 is 4.90 Å². The Morgan fingerprint density at radius 1 is 1.24 bits per heavy atom. The summed E-state index contributed by atoms with van der Waals surface area (Å²) in [7, 11) is 0.